The van der Waals surface area contributed by atoms with Crippen LogP contribution in [0.4, 0.5) is 0 Å². The SMILES string of the molecule is CC(C)c1nc(COc2cccc3c2CCCC3=O)cs1. The Morgan fingerprint density at radius 1 is 1.33 bits per heavy atom. The number of aromatic nitrogens is 1. The predicted octanol–water partition coefficient (Wildman–Crippen LogP) is 4.36. The molecule has 0 N–H and O–H groups in total. The molecule has 3 nitrogen and oxygen atoms in total. The van der Waals surface area contributed by atoms with Crippen molar-refractivity contribution in [3.05, 3.63) is 45.4 Å². The van der Waals surface area contributed by atoms with Crippen molar-refractivity contribution in [3.8, 4) is 5.75 Å². The summed E-state index contributed by atoms with van der Waals surface area (Å²) in [6.45, 7) is 4.75. The maximum atomic E-state index is 11.9. The fraction of sp³-hybridized carbons (Fsp3) is 0.412. The van der Waals surface area contributed by atoms with E-state index in [4.69, 9.17) is 4.74 Å². The van der Waals surface area contributed by atoms with Crippen LogP contribution in [0.3, 0.4) is 0 Å². The van der Waals surface area contributed by atoms with Crippen molar-refractivity contribution in [2.75, 3.05) is 0 Å². The summed E-state index contributed by atoms with van der Waals surface area (Å²) < 4.78 is 5.92. The van der Waals surface area contributed by atoms with Crippen LogP contribution in [0.5, 0.6) is 5.75 Å². The number of nitrogens with zero attached hydrogens (tertiary/aromatic N) is 1. The average Bonchev–Trinajstić information content (AvgIpc) is 2.95. The van der Waals surface area contributed by atoms with E-state index in [2.05, 4.69) is 24.2 Å². The van der Waals surface area contributed by atoms with Crippen molar-refractivity contribution in [3.63, 3.8) is 0 Å². The largest absolute Gasteiger partial charge is 0.487 e. The number of hydrogen-bond acceptors (Lipinski definition) is 4. The van der Waals surface area contributed by atoms with Gasteiger partial charge in [0.05, 0.1) is 10.7 Å². The molecule has 0 aliphatic heterocycles. The van der Waals surface area contributed by atoms with Crippen LogP contribution in [0.2, 0.25) is 0 Å². The molecule has 1 aromatic heterocycles. The van der Waals surface area contributed by atoms with Gasteiger partial charge in [-0.05, 0) is 18.9 Å². The van der Waals surface area contributed by atoms with Crippen LogP contribution in [0.25, 0.3) is 0 Å². The zero-order chi connectivity index (χ0) is 14.8. The van der Waals surface area contributed by atoms with Crippen LogP contribution in [0.1, 0.15) is 59.2 Å². The highest BCUT2D eigenvalue weighted by Crippen LogP contribution is 2.30. The second-order valence-electron chi connectivity index (χ2n) is 5.68. The Bertz CT molecular complexity index is 661. The van der Waals surface area contributed by atoms with Crippen LogP contribution in [-0.2, 0) is 13.0 Å². The summed E-state index contributed by atoms with van der Waals surface area (Å²) in [6.07, 6.45) is 2.49. The Balaban J connectivity index is 1.76. The molecule has 0 fully saturated rings. The molecule has 0 amide bonds. The van der Waals surface area contributed by atoms with Gasteiger partial charge in [-0.25, -0.2) is 4.98 Å². The van der Waals surface area contributed by atoms with Crippen LogP contribution in [0.15, 0.2) is 23.6 Å². The summed E-state index contributed by atoms with van der Waals surface area (Å²) in [4.78, 5) is 16.5. The molecule has 0 radical (unpaired) electrons. The van der Waals surface area contributed by atoms with E-state index < -0.39 is 0 Å². The molecule has 21 heavy (non-hydrogen) atoms. The molecule has 1 aliphatic carbocycles. The number of thiazole rings is 1. The standard InChI is InChI=1S/C17H19NO2S/c1-11(2)17-18-12(10-21-17)9-20-16-8-4-5-13-14(16)6-3-7-15(13)19/h4-5,8,10-11H,3,6-7,9H2,1-2H3. The van der Waals surface area contributed by atoms with E-state index in [0.717, 1.165) is 40.4 Å². The molecule has 0 saturated heterocycles. The predicted molar refractivity (Wildman–Crippen MR) is 84.2 cm³/mol. The van der Waals surface area contributed by atoms with Crippen LogP contribution >= 0.6 is 11.3 Å². The third-order valence-corrected chi connectivity index (χ3v) is 4.90. The highest BCUT2D eigenvalue weighted by Gasteiger charge is 2.20. The van der Waals surface area contributed by atoms with Crippen molar-refractivity contribution in [1.82, 2.24) is 4.98 Å². The van der Waals surface area contributed by atoms with Crippen molar-refractivity contribution in [1.29, 1.82) is 0 Å². The lowest BCUT2D eigenvalue weighted by Crippen LogP contribution is -2.12. The van der Waals surface area contributed by atoms with Gasteiger partial charge in [-0.3, -0.25) is 4.79 Å². The maximum Gasteiger partial charge on any atom is 0.163 e. The first-order valence-corrected chi connectivity index (χ1v) is 8.25. The lowest BCUT2D eigenvalue weighted by Gasteiger charge is -2.18. The summed E-state index contributed by atoms with van der Waals surface area (Å²) in [5.74, 6) is 1.52. The normalized spacial score (nSPS) is 14.3. The van der Waals surface area contributed by atoms with Gasteiger partial charge in [0.25, 0.3) is 0 Å². The summed E-state index contributed by atoms with van der Waals surface area (Å²) in [5.41, 5.74) is 2.86. The van der Waals surface area contributed by atoms with Crippen molar-refractivity contribution in [2.45, 2.75) is 45.6 Å². The third kappa shape index (κ3) is 3.00. The smallest absolute Gasteiger partial charge is 0.163 e. The number of benzene rings is 1. The van der Waals surface area contributed by atoms with Gasteiger partial charge in [-0.2, -0.15) is 0 Å². The maximum absolute atomic E-state index is 11.9. The highest BCUT2D eigenvalue weighted by atomic mass is 32.1. The molecular formula is C17H19NO2S. The van der Waals surface area contributed by atoms with Gasteiger partial charge in [0.1, 0.15) is 12.4 Å². The topological polar surface area (TPSA) is 39.2 Å². The Hall–Kier alpha value is -1.68. The Labute approximate surface area is 129 Å². The zero-order valence-corrected chi connectivity index (χ0v) is 13.2. The first-order valence-electron chi connectivity index (χ1n) is 7.37. The van der Waals surface area contributed by atoms with Crippen molar-refractivity contribution in [2.24, 2.45) is 0 Å². The molecular weight excluding hydrogens is 282 g/mol. The molecule has 1 heterocycles. The second kappa shape index (κ2) is 5.98. The van der Waals surface area contributed by atoms with Gasteiger partial charge in [-0.15, -0.1) is 11.3 Å². The molecule has 0 bridgehead atoms. The number of carbonyl (C=O) groups excluding carboxylic acids is 1. The molecule has 110 valence electrons. The van der Waals surface area contributed by atoms with Gasteiger partial charge < -0.3 is 4.74 Å². The number of Topliss-reactive ketones (excluding diaryl/α,β-unsaturated/α-hetero) is 1. The highest BCUT2D eigenvalue weighted by molar-refractivity contribution is 7.09. The van der Waals surface area contributed by atoms with E-state index in [0.29, 0.717) is 18.9 Å². The van der Waals surface area contributed by atoms with E-state index in [9.17, 15) is 4.79 Å². The number of ketones is 1. The van der Waals surface area contributed by atoms with E-state index in [1.165, 1.54) is 0 Å². The second-order valence-corrected chi connectivity index (χ2v) is 6.57. The van der Waals surface area contributed by atoms with E-state index >= 15 is 0 Å². The average molecular weight is 301 g/mol. The van der Waals surface area contributed by atoms with E-state index in [1.807, 2.05) is 18.2 Å². The lowest BCUT2D eigenvalue weighted by atomic mass is 9.90. The van der Waals surface area contributed by atoms with Gasteiger partial charge in [0.2, 0.25) is 0 Å². The summed E-state index contributed by atoms with van der Waals surface area (Å²) in [5, 5.41) is 3.19. The Morgan fingerprint density at radius 3 is 2.95 bits per heavy atom. The Morgan fingerprint density at radius 2 is 2.19 bits per heavy atom. The van der Waals surface area contributed by atoms with Crippen LogP contribution in [0, 0.1) is 0 Å². The lowest BCUT2D eigenvalue weighted by molar-refractivity contribution is 0.0971. The number of fused-ring (bicyclic) bond motifs is 1. The minimum atomic E-state index is 0.234. The fourth-order valence-corrected chi connectivity index (χ4v) is 3.41. The minimum Gasteiger partial charge on any atom is -0.487 e. The molecule has 1 aromatic carbocycles. The van der Waals surface area contributed by atoms with Crippen molar-refractivity contribution >= 4 is 17.1 Å². The first-order chi connectivity index (χ1) is 10.1. The summed E-state index contributed by atoms with van der Waals surface area (Å²) in [7, 11) is 0. The molecule has 0 spiro atoms. The third-order valence-electron chi connectivity index (χ3n) is 3.70. The number of carbonyl (C=O) groups is 1. The first kappa shape index (κ1) is 14.3. The van der Waals surface area contributed by atoms with E-state index in [1.54, 1.807) is 11.3 Å². The zero-order valence-electron chi connectivity index (χ0n) is 12.4. The summed E-state index contributed by atoms with van der Waals surface area (Å²) >= 11 is 1.68. The molecule has 3 rings (SSSR count). The van der Waals surface area contributed by atoms with Gasteiger partial charge >= 0.3 is 0 Å². The Kier molecular flexibility index (Phi) is 4.06. The van der Waals surface area contributed by atoms with Gasteiger partial charge in [0.15, 0.2) is 5.78 Å². The van der Waals surface area contributed by atoms with Crippen LogP contribution < -0.4 is 4.74 Å². The number of rotatable bonds is 4. The molecule has 4 heteroatoms. The molecule has 0 saturated carbocycles. The molecule has 1 aliphatic rings. The monoisotopic (exact) mass is 301 g/mol. The van der Waals surface area contributed by atoms with E-state index in [-0.39, 0.29) is 5.78 Å². The quantitative estimate of drug-likeness (QED) is 0.842. The molecule has 0 atom stereocenters. The summed E-state index contributed by atoms with van der Waals surface area (Å²) in [6, 6.07) is 5.76. The minimum absolute atomic E-state index is 0.234. The fourth-order valence-electron chi connectivity index (χ4n) is 2.59. The van der Waals surface area contributed by atoms with Crippen molar-refractivity contribution < 1.29 is 9.53 Å². The number of hydrogen-bond donors (Lipinski definition) is 0. The molecule has 2 aromatic rings. The molecule has 0 unspecified atom stereocenters. The van der Waals surface area contributed by atoms with Gasteiger partial charge in [0, 0.05) is 28.8 Å². The van der Waals surface area contributed by atoms with Crippen LogP contribution in [-0.4, -0.2) is 10.8 Å². The number of ether oxygens (including phenoxy) is 1. The van der Waals surface area contributed by atoms with Gasteiger partial charge in [-0.1, -0.05) is 26.0 Å².